The molecule has 0 aromatic heterocycles. The van der Waals surface area contributed by atoms with Gasteiger partial charge >= 0.3 is 0 Å². The molecule has 0 aliphatic carbocycles. The van der Waals surface area contributed by atoms with Crippen LogP contribution in [-0.4, -0.2) is 18.4 Å². The number of halogens is 2. The number of rotatable bonds is 6. The number of nitrogens with zero attached hydrogens (tertiary/aromatic N) is 1. The van der Waals surface area contributed by atoms with E-state index in [4.69, 9.17) is 11.6 Å². The van der Waals surface area contributed by atoms with E-state index in [2.05, 4.69) is 5.32 Å². The molecule has 0 unspecified atom stereocenters. The molecular formula is C19H20ClFN2O2. The molecule has 6 heteroatoms. The van der Waals surface area contributed by atoms with Gasteiger partial charge in [-0.15, -0.1) is 0 Å². The van der Waals surface area contributed by atoms with Gasteiger partial charge in [-0.2, -0.15) is 0 Å². The molecule has 4 nitrogen and oxygen atoms in total. The summed E-state index contributed by atoms with van der Waals surface area (Å²) in [6.07, 6.45) is 0.910. The quantitative estimate of drug-likeness (QED) is 0.826. The second-order valence-corrected chi connectivity index (χ2v) is 5.99. The van der Waals surface area contributed by atoms with Crippen molar-refractivity contribution in [3.8, 4) is 0 Å². The van der Waals surface area contributed by atoms with Crippen molar-refractivity contribution < 1.29 is 14.0 Å². The molecule has 2 aromatic carbocycles. The van der Waals surface area contributed by atoms with Gasteiger partial charge in [-0.1, -0.05) is 36.7 Å². The molecule has 2 aromatic rings. The number of carbonyl (C=O) groups excluding carboxylic acids is 2. The van der Waals surface area contributed by atoms with Crippen LogP contribution in [0.5, 0.6) is 0 Å². The Kier molecular flexibility index (Phi) is 6.53. The second kappa shape index (κ2) is 8.62. The number of benzene rings is 2. The molecule has 2 rings (SSSR count). The number of nitrogens with one attached hydrogen (secondary N) is 1. The van der Waals surface area contributed by atoms with E-state index < -0.39 is 5.82 Å². The largest absolute Gasteiger partial charge is 0.326 e. The van der Waals surface area contributed by atoms with Crippen molar-refractivity contribution in [2.24, 2.45) is 0 Å². The third-order valence-electron chi connectivity index (χ3n) is 3.81. The number of para-hydroxylation sites is 1. The van der Waals surface area contributed by atoms with Crippen molar-refractivity contribution in [2.75, 3.05) is 16.8 Å². The van der Waals surface area contributed by atoms with Gasteiger partial charge in [0.05, 0.1) is 5.02 Å². The van der Waals surface area contributed by atoms with Gasteiger partial charge in [-0.3, -0.25) is 9.59 Å². The summed E-state index contributed by atoms with van der Waals surface area (Å²) in [5.74, 6) is -0.944. The zero-order chi connectivity index (χ0) is 18.4. The van der Waals surface area contributed by atoms with Crippen molar-refractivity contribution in [3.63, 3.8) is 0 Å². The summed E-state index contributed by atoms with van der Waals surface area (Å²) in [6.45, 7) is 3.75. The molecular weight excluding hydrogens is 343 g/mol. The standard InChI is InChI=1S/C19H20ClFN2O2/c1-3-14-6-4-5-7-18(14)23(13(2)24)11-10-19(25)22-15-8-9-17(21)16(20)12-15/h4-9,12H,3,10-11H2,1-2H3,(H,22,25). The predicted octanol–water partition coefficient (Wildman–Crippen LogP) is 4.42. The summed E-state index contributed by atoms with van der Waals surface area (Å²) < 4.78 is 13.1. The minimum atomic E-state index is -0.543. The molecule has 0 radical (unpaired) electrons. The molecule has 1 N–H and O–H groups in total. The minimum Gasteiger partial charge on any atom is -0.326 e. The number of amides is 2. The number of hydrogen-bond acceptors (Lipinski definition) is 2. The Morgan fingerprint density at radius 2 is 1.92 bits per heavy atom. The van der Waals surface area contributed by atoms with Crippen LogP contribution in [-0.2, 0) is 16.0 Å². The highest BCUT2D eigenvalue weighted by Gasteiger charge is 2.16. The first kappa shape index (κ1) is 18.9. The van der Waals surface area contributed by atoms with Crippen molar-refractivity contribution >= 4 is 34.8 Å². The maximum absolute atomic E-state index is 13.1. The van der Waals surface area contributed by atoms with Crippen LogP contribution in [0.1, 0.15) is 25.8 Å². The lowest BCUT2D eigenvalue weighted by molar-refractivity contribution is -0.117. The molecule has 0 atom stereocenters. The lowest BCUT2D eigenvalue weighted by atomic mass is 10.1. The third kappa shape index (κ3) is 5.03. The average Bonchev–Trinajstić information content (AvgIpc) is 2.58. The number of aryl methyl sites for hydroxylation is 1. The fourth-order valence-corrected chi connectivity index (χ4v) is 2.71. The van der Waals surface area contributed by atoms with Crippen LogP contribution < -0.4 is 10.2 Å². The Morgan fingerprint density at radius 1 is 1.20 bits per heavy atom. The van der Waals surface area contributed by atoms with Gasteiger partial charge in [0.1, 0.15) is 5.82 Å². The number of anilines is 2. The summed E-state index contributed by atoms with van der Waals surface area (Å²) in [4.78, 5) is 25.7. The molecule has 25 heavy (non-hydrogen) atoms. The van der Waals surface area contributed by atoms with E-state index in [9.17, 15) is 14.0 Å². The second-order valence-electron chi connectivity index (χ2n) is 5.58. The van der Waals surface area contributed by atoms with Crippen LogP contribution in [0.25, 0.3) is 0 Å². The third-order valence-corrected chi connectivity index (χ3v) is 4.10. The van der Waals surface area contributed by atoms with E-state index in [-0.39, 0.29) is 29.8 Å². The topological polar surface area (TPSA) is 49.4 Å². The summed E-state index contributed by atoms with van der Waals surface area (Å²) in [5.41, 5.74) is 2.28. The Bertz CT molecular complexity index is 780. The van der Waals surface area contributed by atoms with Crippen LogP contribution in [0.3, 0.4) is 0 Å². The smallest absolute Gasteiger partial charge is 0.226 e. The van der Waals surface area contributed by atoms with E-state index in [1.165, 1.54) is 25.1 Å². The lowest BCUT2D eigenvalue weighted by Crippen LogP contribution is -2.32. The monoisotopic (exact) mass is 362 g/mol. The van der Waals surface area contributed by atoms with Crippen LogP contribution in [0.4, 0.5) is 15.8 Å². The first-order valence-electron chi connectivity index (χ1n) is 8.03. The van der Waals surface area contributed by atoms with Crippen LogP contribution in [0, 0.1) is 5.82 Å². The van der Waals surface area contributed by atoms with Crippen LogP contribution in [0.2, 0.25) is 5.02 Å². The maximum Gasteiger partial charge on any atom is 0.226 e. The predicted molar refractivity (Wildman–Crippen MR) is 98.5 cm³/mol. The molecule has 0 saturated carbocycles. The van der Waals surface area contributed by atoms with E-state index in [1.54, 1.807) is 4.90 Å². The van der Waals surface area contributed by atoms with Crippen molar-refractivity contribution in [1.29, 1.82) is 0 Å². The highest BCUT2D eigenvalue weighted by atomic mass is 35.5. The van der Waals surface area contributed by atoms with Gasteiger partial charge in [-0.05, 0) is 36.2 Å². The van der Waals surface area contributed by atoms with E-state index in [0.717, 1.165) is 17.7 Å². The van der Waals surface area contributed by atoms with Crippen LogP contribution >= 0.6 is 11.6 Å². The van der Waals surface area contributed by atoms with Gasteiger partial charge in [0.2, 0.25) is 11.8 Å². The lowest BCUT2D eigenvalue weighted by Gasteiger charge is -2.23. The van der Waals surface area contributed by atoms with E-state index >= 15 is 0 Å². The minimum absolute atomic E-state index is 0.0555. The Balaban J connectivity index is 2.04. The highest BCUT2D eigenvalue weighted by molar-refractivity contribution is 6.31. The molecule has 0 spiro atoms. The molecule has 0 fully saturated rings. The first-order valence-corrected chi connectivity index (χ1v) is 8.41. The van der Waals surface area contributed by atoms with Crippen LogP contribution in [0.15, 0.2) is 42.5 Å². The van der Waals surface area contributed by atoms with Gasteiger partial charge in [-0.25, -0.2) is 4.39 Å². The van der Waals surface area contributed by atoms with Gasteiger partial charge in [0, 0.05) is 31.3 Å². The normalized spacial score (nSPS) is 10.4. The van der Waals surface area contributed by atoms with Crippen molar-refractivity contribution in [1.82, 2.24) is 0 Å². The summed E-state index contributed by atoms with van der Waals surface area (Å²) in [5, 5.41) is 2.60. The summed E-state index contributed by atoms with van der Waals surface area (Å²) in [6, 6.07) is 11.6. The molecule has 2 amide bonds. The van der Waals surface area contributed by atoms with E-state index in [0.29, 0.717) is 5.69 Å². The molecule has 0 bridgehead atoms. The van der Waals surface area contributed by atoms with Gasteiger partial charge in [0.25, 0.3) is 0 Å². The SMILES string of the molecule is CCc1ccccc1N(CCC(=O)Nc1ccc(F)c(Cl)c1)C(C)=O. The Labute approximate surface area is 151 Å². The highest BCUT2D eigenvalue weighted by Crippen LogP contribution is 2.22. The van der Waals surface area contributed by atoms with Crippen molar-refractivity contribution in [3.05, 3.63) is 58.9 Å². The van der Waals surface area contributed by atoms with Gasteiger partial charge < -0.3 is 10.2 Å². The maximum atomic E-state index is 13.1. The average molecular weight is 363 g/mol. The molecule has 0 heterocycles. The molecule has 132 valence electrons. The molecule has 0 saturated heterocycles. The molecule has 0 aliphatic rings. The summed E-state index contributed by atoms with van der Waals surface area (Å²) >= 11 is 5.70. The van der Waals surface area contributed by atoms with Crippen molar-refractivity contribution in [2.45, 2.75) is 26.7 Å². The number of carbonyl (C=O) groups is 2. The summed E-state index contributed by atoms with van der Waals surface area (Å²) in [7, 11) is 0. The van der Waals surface area contributed by atoms with Gasteiger partial charge in [0.15, 0.2) is 0 Å². The zero-order valence-corrected chi connectivity index (χ0v) is 14.9. The zero-order valence-electron chi connectivity index (χ0n) is 14.2. The fraction of sp³-hybridized carbons (Fsp3) is 0.263. The number of hydrogen-bond donors (Lipinski definition) is 1. The fourth-order valence-electron chi connectivity index (χ4n) is 2.53. The van der Waals surface area contributed by atoms with E-state index in [1.807, 2.05) is 31.2 Å². The Hall–Kier alpha value is -2.40. The Morgan fingerprint density at radius 3 is 2.56 bits per heavy atom. The molecule has 0 aliphatic heterocycles. The first-order chi connectivity index (χ1) is 11.9.